The van der Waals surface area contributed by atoms with Crippen LogP contribution in [-0.2, 0) is 26.0 Å². The van der Waals surface area contributed by atoms with Gasteiger partial charge in [0.15, 0.2) is 5.13 Å². The number of amides is 2. The number of piperidine rings is 1. The van der Waals surface area contributed by atoms with Crippen LogP contribution in [0.1, 0.15) is 31.7 Å². The molecule has 3 heterocycles. The van der Waals surface area contributed by atoms with Gasteiger partial charge in [-0.15, -0.1) is 0 Å². The van der Waals surface area contributed by atoms with Gasteiger partial charge < -0.3 is 5.32 Å². The van der Waals surface area contributed by atoms with Crippen LogP contribution in [0.5, 0.6) is 0 Å². The number of benzene rings is 2. The monoisotopic (exact) mass is 484 g/mol. The number of thiazole rings is 1. The molecule has 10 heteroatoms. The number of hydrogen-bond donors (Lipinski definition) is 1. The molecule has 0 saturated carbocycles. The Kier molecular flexibility index (Phi) is 5.67. The molecule has 5 rings (SSSR count). The number of hydrogen-bond acceptors (Lipinski definition) is 6. The molecule has 2 aromatic carbocycles. The molecule has 1 N–H and O–H groups in total. The highest BCUT2D eigenvalue weighted by atomic mass is 32.2. The summed E-state index contributed by atoms with van der Waals surface area (Å²) >= 11 is 1.37. The number of fused-ring (bicyclic) bond motifs is 2. The third-order valence-electron chi connectivity index (χ3n) is 6.15. The molecule has 3 aromatic rings. The summed E-state index contributed by atoms with van der Waals surface area (Å²) in [5.41, 5.74) is 2.04. The smallest absolute Gasteiger partial charge is 0.249 e. The van der Waals surface area contributed by atoms with E-state index in [1.54, 1.807) is 12.1 Å². The number of rotatable bonds is 4. The highest BCUT2D eigenvalue weighted by Gasteiger charge is 2.38. The summed E-state index contributed by atoms with van der Waals surface area (Å²) in [5.74, 6) is -0.620. The van der Waals surface area contributed by atoms with Crippen LogP contribution in [0.3, 0.4) is 0 Å². The van der Waals surface area contributed by atoms with E-state index in [2.05, 4.69) is 10.3 Å². The molecule has 172 valence electrons. The standard InChI is InChI=1S/C23H24N4O4S2/c1-15(28)27-19-10-9-17(33(30,31)26-11-5-2-6-12-26)13-16(19)14-20(27)22(29)25-23-24-18-7-3-4-8-21(18)32-23/h3-4,7-10,13,20H,2,5-6,11-12,14H2,1H3,(H,24,25,29). The van der Waals surface area contributed by atoms with Gasteiger partial charge in [0.2, 0.25) is 21.8 Å². The lowest BCUT2D eigenvalue weighted by molar-refractivity contribution is -0.122. The van der Waals surface area contributed by atoms with Gasteiger partial charge in [-0.3, -0.25) is 14.5 Å². The molecule has 33 heavy (non-hydrogen) atoms. The summed E-state index contributed by atoms with van der Waals surface area (Å²) in [5, 5.41) is 3.30. The predicted octanol–water partition coefficient (Wildman–Crippen LogP) is 3.39. The Morgan fingerprint density at radius 3 is 2.58 bits per heavy atom. The van der Waals surface area contributed by atoms with E-state index < -0.39 is 16.1 Å². The number of nitrogens with one attached hydrogen (secondary N) is 1. The Labute approximate surface area is 196 Å². The van der Waals surface area contributed by atoms with E-state index in [1.807, 2.05) is 24.3 Å². The molecular formula is C23H24N4O4S2. The zero-order valence-electron chi connectivity index (χ0n) is 18.2. The maximum atomic E-state index is 13.1. The van der Waals surface area contributed by atoms with Gasteiger partial charge >= 0.3 is 0 Å². The van der Waals surface area contributed by atoms with Crippen molar-refractivity contribution in [3.05, 3.63) is 48.0 Å². The fourth-order valence-electron chi connectivity index (χ4n) is 4.56. The first-order valence-electron chi connectivity index (χ1n) is 10.9. The molecule has 1 atom stereocenters. The zero-order chi connectivity index (χ0) is 23.2. The van der Waals surface area contributed by atoms with Crippen molar-refractivity contribution in [2.75, 3.05) is 23.3 Å². The Bertz CT molecular complexity index is 1310. The highest BCUT2D eigenvalue weighted by molar-refractivity contribution is 7.89. The molecular weight excluding hydrogens is 460 g/mol. The fourth-order valence-corrected chi connectivity index (χ4v) is 6.99. The minimum Gasteiger partial charge on any atom is -0.300 e. The molecule has 0 bridgehead atoms. The van der Waals surface area contributed by atoms with Crippen molar-refractivity contribution >= 4 is 54.2 Å². The van der Waals surface area contributed by atoms with Gasteiger partial charge in [0.05, 0.1) is 15.1 Å². The summed E-state index contributed by atoms with van der Waals surface area (Å²) in [7, 11) is -3.60. The van der Waals surface area contributed by atoms with Crippen molar-refractivity contribution in [3.63, 3.8) is 0 Å². The number of para-hydroxylation sites is 1. The third kappa shape index (κ3) is 4.03. The number of anilines is 2. The highest BCUT2D eigenvalue weighted by Crippen LogP contribution is 2.36. The van der Waals surface area contributed by atoms with Gasteiger partial charge in [-0.05, 0) is 48.7 Å². The molecule has 0 radical (unpaired) electrons. The van der Waals surface area contributed by atoms with Crippen LogP contribution >= 0.6 is 11.3 Å². The van der Waals surface area contributed by atoms with Gasteiger partial charge in [0, 0.05) is 32.1 Å². The maximum Gasteiger partial charge on any atom is 0.249 e. The molecule has 0 aliphatic carbocycles. The molecule has 1 unspecified atom stereocenters. The van der Waals surface area contributed by atoms with Crippen LogP contribution in [0.15, 0.2) is 47.4 Å². The summed E-state index contributed by atoms with van der Waals surface area (Å²) in [4.78, 5) is 31.7. The van der Waals surface area contributed by atoms with Crippen LogP contribution in [-0.4, -0.2) is 48.7 Å². The maximum absolute atomic E-state index is 13.1. The minimum absolute atomic E-state index is 0.207. The number of nitrogens with zero attached hydrogens (tertiary/aromatic N) is 3. The molecule has 2 aliphatic heterocycles. The van der Waals surface area contributed by atoms with Crippen molar-refractivity contribution in [1.82, 2.24) is 9.29 Å². The SMILES string of the molecule is CC(=O)N1c2ccc(S(=O)(=O)N3CCCCC3)cc2CC1C(=O)Nc1nc2ccccc2s1. The lowest BCUT2D eigenvalue weighted by atomic mass is 10.1. The molecule has 2 aliphatic rings. The van der Waals surface area contributed by atoms with Gasteiger partial charge in [-0.25, -0.2) is 13.4 Å². The average Bonchev–Trinajstić information content (AvgIpc) is 3.40. The largest absolute Gasteiger partial charge is 0.300 e. The fraction of sp³-hybridized carbons (Fsp3) is 0.348. The van der Waals surface area contributed by atoms with E-state index in [4.69, 9.17) is 0 Å². The molecule has 0 spiro atoms. The van der Waals surface area contributed by atoms with E-state index in [-0.39, 0.29) is 23.1 Å². The summed E-state index contributed by atoms with van der Waals surface area (Å²) in [6.45, 7) is 2.45. The van der Waals surface area contributed by atoms with Gasteiger partial charge in [-0.1, -0.05) is 29.9 Å². The molecule has 2 amide bonds. The minimum atomic E-state index is -3.60. The first-order valence-corrected chi connectivity index (χ1v) is 13.2. The van der Waals surface area contributed by atoms with Crippen molar-refractivity contribution in [2.45, 2.75) is 43.5 Å². The van der Waals surface area contributed by atoms with E-state index in [0.29, 0.717) is 29.5 Å². The average molecular weight is 485 g/mol. The van der Waals surface area contributed by atoms with Crippen molar-refractivity contribution in [3.8, 4) is 0 Å². The summed E-state index contributed by atoms with van der Waals surface area (Å²) < 4.78 is 28.7. The van der Waals surface area contributed by atoms with Crippen LogP contribution in [0.4, 0.5) is 10.8 Å². The van der Waals surface area contributed by atoms with E-state index in [9.17, 15) is 18.0 Å². The number of aromatic nitrogens is 1. The zero-order valence-corrected chi connectivity index (χ0v) is 19.8. The topological polar surface area (TPSA) is 99.7 Å². The number of carbonyl (C=O) groups excluding carboxylic acids is 2. The molecule has 1 saturated heterocycles. The second-order valence-corrected chi connectivity index (χ2v) is 11.3. The van der Waals surface area contributed by atoms with Crippen molar-refractivity contribution in [2.24, 2.45) is 0 Å². The summed E-state index contributed by atoms with van der Waals surface area (Å²) in [6.07, 6.45) is 3.00. The van der Waals surface area contributed by atoms with E-state index >= 15 is 0 Å². The Morgan fingerprint density at radius 2 is 1.85 bits per heavy atom. The van der Waals surface area contributed by atoms with Crippen LogP contribution < -0.4 is 10.2 Å². The normalized spacial score (nSPS) is 18.9. The van der Waals surface area contributed by atoms with Crippen molar-refractivity contribution < 1.29 is 18.0 Å². The third-order valence-corrected chi connectivity index (χ3v) is 9.00. The lowest BCUT2D eigenvalue weighted by Gasteiger charge is -2.26. The Hall–Kier alpha value is -2.82. The molecule has 1 fully saturated rings. The molecule has 1 aromatic heterocycles. The van der Waals surface area contributed by atoms with Gasteiger partial charge in [0.25, 0.3) is 0 Å². The van der Waals surface area contributed by atoms with Crippen LogP contribution in [0, 0.1) is 0 Å². The van der Waals surface area contributed by atoms with Gasteiger partial charge in [0.1, 0.15) is 6.04 Å². The second-order valence-electron chi connectivity index (χ2n) is 8.34. The van der Waals surface area contributed by atoms with Crippen LogP contribution in [0.2, 0.25) is 0 Å². The van der Waals surface area contributed by atoms with Gasteiger partial charge in [-0.2, -0.15) is 4.31 Å². The Balaban J connectivity index is 1.41. The predicted molar refractivity (Wildman–Crippen MR) is 128 cm³/mol. The second kappa shape index (κ2) is 8.51. The first-order chi connectivity index (χ1) is 15.8. The van der Waals surface area contributed by atoms with E-state index in [1.165, 1.54) is 33.5 Å². The quantitative estimate of drug-likeness (QED) is 0.612. The van der Waals surface area contributed by atoms with E-state index in [0.717, 1.165) is 29.5 Å². The number of carbonyl (C=O) groups is 2. The summed E-state index contributed by atoms with van der Waals surface area (Å²) in [6, 6.07) is 11.6. The van der Waals surface area contributed by atoms with Crippen LogP contribution in [0.25, 0.3) is 10.2 Å². The van der Waals surface area contributed by atoms with Crippen molar-refractivity contribution in [1.29, 1.82) is 0 Å². The Morgan fingerprint density at radius 1 is 1.09 bits per heavy atom. The first kappa shape index (κ1) is 22.0. The number of sulfonamides is 1. The molecule has 8 nitrogen and oxygen atoms in total. The lowest BCUT2D eigenvalue weighted by Crippen LogP contribution is -2.44.